The molecule has 0 saturated heterocycles. The van der Waals surface area contributed by atoms with Crippen molar-refractivity contribution in [3.63, 3.8) is 0 Å². The highest BCUT2D eigenvalue weighted by molar-refractivity contribution is 5.35. The summed E-state index contributed by atoms with van der Waals surface area (Å²) < 4.78 is 77.2. The largest absolute Gasteiger partial charge is 0.403 e. The molecule has 0 fully saturated rings. The molecule has 0 aromatic heterocycles. The summed E-state index contributed by atoms with van der Waals surface area (Å²) >= 11 is 0. The molecule has 33 heavy (non-hydrogen) atoms. The summed E-state index contributed by atoms with van der Waals surface area (Å²) in [6.07, 6.45) is -12.7. The maximum absolute atomic E-state index is 12.9. The predicted octanol–water partition coefficient (Wildman–Crippen LogP) is 5.19. The lowest BCUT2D eigenvalue weighted by atomic mass is 9.90. The molecule has 0 aliphatic rings. The quantitative estimate of drug-likeness (QED) is 0.412. The molecule has 2 aromatic rings. The van der Waals surface area contributed by atoms with Crippen molar-refractivity contribution in [2.75, 3.05) is 0 Å². The van der Waals surface area contributed by atoms with Crippen LogP contribution in [0.4, 0.5) is 26.3 Å². The number of hydrogen-bond acceptors (Lipinski definition) is 3. The van der Waals surface area contributed by atoms with E-state index in [1.807, 2.05) is 6.07 Å². The number of halogens is 6. The third-order valence-corrected chi connectivity index (χ3v) is 5.81. The fourth-order valence-electron chi connectivity index (χ4n) is 4.05. The smallest absolute Gasteiger partial charge is 0.392 e. The Labute approximate surface area is 188 Å². The van der Waals surface area contributed by atoms with E-state index < -0.39 is 30.8 Å². The van der Waals surface area contributed by atoms with E-state index in [0.29, 0.717) is 36.0 Å². The van der Waals surface area contributed by atoms with Crippen LogP contribution in [-0.2, 0) is 32.5 Å². The van der Waals surface area contributed by atoms with Gasteiger partial charge in [-0.15, -0.1) is 0 Å². The van der Waals surface area contributed by atoms with Gasteiger partial charge in [-0.3, -0.25) is 0 Å². The first-order chi connectivity index (χ1) is 15.4. The third kappa shape index (κ3) is 7.45. The molecule has 1 atom stereocenters. The number of rotatable bonds is 10. The minimum Gasteiger partial charge on any atom is -0.392 e. The van der Waals surface area contributed by atoms with Crippen molar-refractivity contribution >= 4 is 0 Å². The SMILES string of the molecule is Cc1cccc(CCCc2ccc(CO)c(CO)c2)c1CCC(O)C(C(F)(F)F)C(F)(F)F. The third-order valence-electron chi connectivity index (χ3n) is 5.81. The van der Waals surface area contributed by atoms with Gasteiger partial charge in [-0.1, -0.05) is 36.4 Å². The van der Waals surface area contributed by atoms with Crippen molar-refractivity contribution in [2.24, 2.45) is 5.92 Å². The molecule has 0 saturated carbocycles. The molecule has 9 heteroatoms. The fourth-order valence-corrected chi connectivity index (χ4v) is 4.05. The van der Waals surface area contributed by atoms with E-state index in [9.17, 15) is 41.7 Å². The molecule has 0 amide bonds. The summed E-state index contributed by atoms with van der Waals surface area (Å²) in [7, 11) is 0. The van der Waals surface area contributed by atoms with Crippen molar-refractivity contribution in [2.45, 2.75) is 70.7 Å². The van der Waals surface area contributed by atoms with Gasteiger partial charge in [0.25, 0.3) is 0 Å². The minimum atomic E-state index is -5.58. The zero-order valence-corrected chi connectivity index (χ0v) is 18.2. The first kappa shape index (κ1) is 27.1. The zero-order valence-electron chi connectivity index (χ0n) is 18.2. The second kappa shape index (κ2) is 11.4. The molecule has 0 radical (unpaired) electrons. The first-order valence-electron chi connectivity index (χ1n) is 10.6. The maximum Gasteiger partial charge on any atom is 0.403 e. The molecule has 2 rings (SSSR count). The number of aliphatic hydroxyl groups is 3. The van der Waals surface area contributed by atoms with Gasteiger partial charge < -0.3 is 15.3 Å². The number of alkyl halides is 6. The molecular formula is C24H28F6O3. The Kier molecular flexibility index (Phi) is 9.34. The summed E-state index contributed by atoms with van der Waals surface area (Å²) in [4.78, 5) is 0. The van der Waals surface area contributed by atoms with Crippen LogP contribution >= 0.6 is 0 Å². The lowest BCUT2D eigenvalue weighted by molar-refractivity contribution is -0.306. The lowest BCUT2D eigenvalue weighted by Gasteiger charge is -2.27. The average molecular weight is 478 g/mol. The first-order valence-corrected chi connectivity index (χ1v) is 10.6. The van der Waals surface area contributed by atoms with E-state index in [4.69, 9.17) is 0 Å². The molecule has 0 spiro atoms. The Bertz CT molecular complexity index is 894. The van der Waals surface area contributed by atoms with Crippen molar-refractivity contribution < 1.29 is 41.7 Å². The summed E-state index contributed by atoms with van der Waals surface area (Å²) in [5, 5.41) is 28.5. The number of hydrogen-bond donors (Lipinski definition) is 3. The Morgan fingerprint density at radius 3 is 2.00 bits per heavy atom. The topological polar surface area (TPSA) is 60.7 Å². The van der Waals surface area contributed by atoms with E-state index in [2.05, 4.69) is 0 Å². The summed E-state index contributed by atoms with van der Waals surface area (Å²) in [6, 6.07) is 10.7. The van der Waals surface area contributed by atoms with Gasteiger partial charge in [0, 0.05) is 0 Å². The van der Waals surface area contributed by atoms with Gasteiger partial charge in [-0.2, -0.15) is 26.3 Å². The molecule has 0 heterocycles. The summed E-state index contributed by atoms with van der Waals surface area (Å²) in [5.41, 5.74) is 4.41. The highest BCUT2D eigenvalue weighted by atomic mass is 19.4. The monoisotopic (exact) mass is 478 g/mol. The van der Waals surface area contributed by atoms with Crippen LogP contribution in [-0.4, -0.2) is 33.8 Å². The van der Waals surface area contributed by atoms with E-state index in [-0.39, 0.29) is 19.6 Å². The molecule has 184 valence electrons. The molecule has 3 N–H and O–H groups in total. The minimum absolute atomic E-state index is 0.105. The van der Waals surface area contributed by atoms with Crippen molar-refractivity contribution in [1.82, 2.24) is 0 Å². The molecule has 0 bridgehead atoms. The normalized spacial score (nSPS) is 13.5. The highest BCUT2D eigenvalue weighted by Crippen LogP contribution is 2.42. The maximum atomic E-state index is 12.9. The summed E-state index contributed by atoms with van der Waals surface area (Å²) in [6.45, 7) is 1.35. The Morgan fingerprint density at radius 1 is 0.788 bits per heavy atom. The van der Waals surface area contributed by atoms with Crippen LogP contribution in [0, 0.1) is 12.8 Å². The number of aryl methyl sites for hydroxylation is 3. The standard InChI is InChI=1S/C24H28F6O3/c1-15-4-2-6-17(7-3-5-16-8-9-18(13-31)19(12-16)14-32)20(15)10-11-21(33)22(23(25,26)27)24(28,29)30/h2,4,6,8-9,12,21-22,31-33H,3,5,7,10-11,13-14H2,1H3. The summed E-state index contributed by atoms with van der Waals surface area (Å²) in [5.74, 6) is -3.78. The number of benzene rings is 2. The van der Waals surface area contributed by atoms with Gasteiger partial charge in [0.15, 0.2) is 5.92 Å². The molecule has 0 aliphatic heterocycles. The van der Waals surface area contributed by atoms with Gasteiger partial charge in [-0.05, 0) is 72.4 Å². The van der Waals surface area contributed by atoms with Crippen molar-refractivity contribution in [3.8, 4) is 0 Å². The van der Waals surface area contributed by atoms with Gasteiger partial charge in [0.05, 0.1) is 19.3 Å². The molecule has 2 aromatic carbocycles. The Morgan fingerprint density at radius 2 is 1.42 bits per heavy atom. The lowest BCUT2D eigenvalue weighted by Crippen LogP contribution is -2.45. The van der Waals surface area contributed by atoms with Crippen LogP contribution < -0.4 is 0 Å². The van der Waals surface area contributed by atoms with Gasteiger partial charge >= 0.3 is 12.4 Å². The van der Waals surface area contributed by atoms with Crippen molar-refractivity contribution in [3.05, 3.63) is 69.8 Å². The Hall–Kier alpha value is -2.10. The highest BCUT2D eigenvalue weighted by Gasteiger charge is 2.59. The molecular weight excluding hydrogens is 450 g/mol. The van der Waals surface area contributed by atoms with Gasteiger partial charge in [0.2, 0.25) is 0 Å². The van der Waals surface area contributed by atoms with Crippen LogP contribution in [0.5, 0.6) is 0 Å². The molecule has 0 aliphatic carbocycles. The van der Waals surface area contributed by atoms with Crippen LogP contribution in [0.3, 0.4) is 0 Å². The number of aliphatic hydroxyl groups excluding tert-OH is 3. The van der Waals surface area contributed by atoms with Crippen LogP contribution in [0.15, 0.2) is 36.4 Å². The zero-order chi connectivity index (χ0) is 24.8. The predicted molar refractivity (Wildman–Crippen MR) is 111 cm³/mol. The molecule has 1 unspecified atom stereocenters. The fraction of sp³-hybridized carbons (Fsp3) is 0.500. The van der Waals surface area contributed by atoms with Gasteiger partial charge in [-0.25, -0.2) is 0 Å². The van der Waals surface area contributed by atoms with E-state index >= 15 is 0 Å². The van der Waals surface area contributed by atoms with Crippen LogP contribution in [0.25, 0.3) is 0 Å². The van der Waals surface area contributed by atoms with E-state index in [1.54, 1.807) is 37.3 Å². The van der Waals surface area contributed by atoms with E-state index in [0.717, 1.165) is 16.7 Å². The van der Waals surface area contributed by atoms with Crippen LogP contribution in [0.1, 0.15) is 46.2 Å². The van der Waals surface area contributed by atoms with Crippen molar-refractivity contribution in [1.29, 1.82) is 0 Å². The average Bonchev–Trinajstić information content (AvgIpc) is 2.71. The van der Waals surface area contributed by atoms with Crippen LogP contribution in [0.2, 0.25) is 0 Å². The van der Waals surface area contributed by atoms with Gasteiger partial charge in [0.1, 0.15) is 0 Å². The second-order valence-corrected chi connectivity index (χ2v) is 8.15. The second-order valence-electron chi connectivity index (χ2n) is 8.15. The van der Waals surface area contributed by atoms with E-state index in [1.165, 1.54) is 0 Å². The Balaban J connectivity index is 2.08. The molecule has 3 nitrogen and oxygen atoms in total.